The molecule has 1 saturated carbocycles. The van der Waals surface area contributed by atoms with Crippen molar-refractivity contribution in [1.29, 1.82) is 0 Å². The van der Waals surface area contributed by atoms with Crippen LogP contribution in [0.4, 0.5) is 11.6 Å². The molecule has 0 unspecified atom stereocenters. The van der Waals surface area contributed by atoms with Gasteiger partial charge in [0.2, 0.25) is 11.9 Å². The van der Waals surface area contributed by atoms with Crippen molar-refractivity contribution >= 4 is 23.2 Å². The maximum Gasteiger partial charge on any atom is 0.249 e. The van der Waals surface area contributed by atoms with Crippen molar-refractivity contribution in [3.8, 4) is 11.1 Å². The van der Waals surface area contributed by atoms with E-state index in [2.05, 4.69) is 32.2 Å². The van der Waals surface area contributed by atoms with Crippen molar-refractivity contribution < 1.29 is 4.79 Å². The van der Waals surface area contributed by atoms with Crippen LogP contribution in [-0.4, -0.2) is 25.1 Å². The predicted octanol–water partition coefficient (Wildman–Crippen LogP) is 3.18. The van der Waals surface area contributed by atoms with Gasteiger partial charge in [-0.15, -0.1) is 5.10 Å². The Balaban J connectivity index is 1.42. The van der Waals surface area contributed by atoms with Crippen LogP contribution in [0, 0.1) is 5.92 Å². The lowest BCUT2D eigenvalue weighted by Crippen LogP contribution is -2.14. The number of nitrogens with zero attached hydrogens (tertiary/aromatic N) is 4. The number of nitrogen functional groups attached to an aromatic ring is 1. The molecule has 1 aliphatic rings. The first-order chi connectivity index (χ1) is 13.7. The maximum absolute atomic E-state index is 12.0. The molecule has 1 aromatic carbocycles. The van der Waals surface area contributed by atoms with Crippen LogP contribution in [0.25, 0.3) is 16.8 Å². The number of nitrogens with two attached hydrogens (primary N) is 1. The van der Waals surface area contributed by atoms with E-state index in [9.17, 15) is 4.79 Å². The van der Waals surface area contributed by atoms with Gasteiger partial charge >= 0.3 is 0 Å². The van der Waals surface area contributed by atoms with Crippen LogP contribution in [0.2, 0.25) is 0 Å². The molecule has 3 heterocycles. The second-order valence-corrected chi connectivity index (χ2v) is 7.20. The molecule has 0 radical (unpaired) electrons. The van der Waals surface area contributed by atoms with Crippen LogP contribution in [0.5, 0.6) is 0 Å². The molecule has 0 atom stereocenters. The molecule has 140 valence electrons. The summed E-state index contributed by atoms with van der Waals surface area (Å²) in [5, 5.41) is 7.20. The standard InChI is InChI=1S/C21H20N6O/c22-17-7-3-14(4-8-17)12-26-11-9-16(13-26)18-2-1-10-27-19(18)23-21(25-27)24-20(28)15-5-6-15/h1-4,7-11,13,15H,5-6,12,22H2,(H,24,25,28). The van der Waals surface area contributed by atoms with Gasteiger partial charge in [-0.05, 0) is 48.7 Å². The van der Waals surface area contributed by atoms with E-state index in [1.807, 2.05) is 48.8 Å². The summed E-state index contributed by atoms with van der Waals surface area (Å²) in [6.07, 6.45) is 7.87. The molecule has 5 rings (SSSR count). The Morgan fingerprint density at radius 1 is 1.14 bits per heavy atom. The van der Waals surface area contributed by atoms with Gasteiger partial charge in [0.1, 0.15) is 0 Å². The fraction of sp³-hybridized carbons (Fsp3) is 0.190. The number of anilines is 2. The number of amides is 1. The number of pyridine rings is 1. The Morgan fingerprint density at radius 3 is 2.75 bits per heavy atom. The molecule has 28 heavy (non-hydrogen) atoms. The zero-order chi connectivity index (χ0) is 19.1. The number of benzene rings is 1. The maximum atomic E-state index is 12.0. The van der Waals surface area contributed by atoms with Gasteiger partial charge < -0.3 is 10.3 Å². The van der Waals surface area contributed by atoms with Crippen molar-refractivity contribution in [3.05, 3.63) is 66.6 Å². The summed E-state index contributed by atoms with van der Waals surface area (Å²) >= 11 is 0. The smallest absolute Gasteiger partial charge is 0.249 e. The summed E-state index contributed by atoms with van der Waals surface area (Å²) in [7, 11) is 0. The zero-order valence-corrected chi connectivity index (χ0v) is 15.2. The molecule has 0 bridgehead atoms. The number of carbonyl (C=O) groups excluding carboxylic acids is 1. The summed E-state index contributed by atoms with van der Waals surface area (Å²) in [6, 6.07) is 13.9. The molecule has 0 saturated heterocycles. The molecule has 3 aromatic heterocycles. The average molecular weight is 372 g/mol. The Morgan fingerprint density at radius 2 is 1.96 bits per heavy atom. The first-order valence-corrected chi connectivity index (χ1v) is 9.32. The molecule has 7 heteroatoms. The normalized spacial score (nSPS) is 13.7. The summed E-state index contributed by atoms with van der Waals surface area (Å²) < 4.78 is 3.83. The van der Waals surface area contributed by atoms with Gasteiger partial charge in [-0.1, -0.05) is 12.1 Å². The monoisotopic (exact) mass is 372 g/mol. The van der Waals surface area contributed by atoms with E-state index in [0.717, 1.165) is 41.8 Å². The van der Waals surface area contributed by atoms with Crippen molar-refractivity contribution in [2.24, 2.45) is 5.92 Å². The molecule has 0 aliphatic heterocycles. The van der Waals surface area contributed by atoms with Gasteiger partial charge in [0.15, 0.2) is 5.65 Å². The van der Waals surface area contributed by atoms with Crippen molar-refractivity contribution in [1.82, 2.24) is 19.2 Å². The first-order valence-electron chi connectivity index (χ1n) is 9.32. The summed E-state index contributed by atoms with van der Waals surface area (Å²) in [5.74, 6) is 0.478. The number of hydrogen-bond donors (Lipinski definition) is 2. The first kappa shape index (κ1) is 16.6. The number of aromatic nitrogens is 4. The Hall–Kier alpha value is -3.61. The lowest BCUT2D eigenvalue weighted by atomic mass is 10.1. The molecule has 1 amide bonds. The minimum Gasteiger partial charge on any atom is -0.399 e. The molecular formula is C21H20N6O. The number of rotatable bonds is 5. The van der Waals surface area contributed by atoms with Gasteiger partial charge in [-0.3, -0.25) is 10.1 Å². The van der Waals surface area contributed by atoms with Crippen molar-refractivity contribution in [3.63, 3.8) is 0 Å². The fourth-order valence-electron chi connectivity index (χ4n) is 3.27. The van der Waals surface area contributed by atoms with E-state index in [-0.39, 0.29) is 11.8 Å². The third kappa shape index (κ3) is 3.22. The molecular weight excluding hydrogens is 352 g/mol. The second kappa shape index (κ2) is 6.53. The quantitative estimate of drug-likeness (QED) is 0.527. The highest BCUT2D eigenvalue weighted by molar-refractivity contribution is 5.93. The van der Waals surface area contributed by atoms with Crippen LogP contribution in [0.15, 0.2) is 61.1 Å². The van der Waals surface area contributed by atoms with E-state index in [4.69, 9.17) is 5.73 Å². The summed E-state index contributed by atoms with van der Waals surface area (Å²) in [6.45, 7) is 0.763. The highest BCUT2D eigenvalue weighted by Gasteiger charge is 2.30. The van der Waals surface area contributed by atoms with E-state index in [0.29, 0.717) is 5.95 Å². The third-order valence-electron chi connectivity index (χ3n) is 4.95. The molecule has 0 spiro atoms. The SMILES string of the molecule is Nc1ccc(Cn2ccc(-c3cccn4nc(NC(=O)C5CC5)nc34)c2)cc1. The third-order valence-corrected chi connectivity index (χ3v) is 4.95. The fourth-order valence-corrected chi connectivity index (χ4v) is 3.27. The predicted molar refractivity (Wildman–Crippen MR) is 108 cm³/mol. The van der Waals surface area contributed by atoms with E-state index >= 15 is 0 Å². The van der Waals surface area contributed by atoms with Gasteiger partial charge in [0.05, 0.1) is 0 Å². The van der Waals surface area contributed by atoms with Gasteiger partial charge in [-0.25, -0.2) is 4.52 Å². The van der Waals surface area contributed by atoms with Crippen LogP contribution in [-0.2, 0) is 11.3 Å². The van der Waals surface area contributed by atoms with E-state index in [1.54, 1.807) is 4.52 Å². The minimum absolute atomic E-state index is 0.00658. The topological polar surface area (TPSA) is 90.2 Å². The molecule has 7 nitrogen and oxygen atoms in total. The lowest BCUT2D eigenvalue weighted by Gasteiger charge is -2.04. The van der Waals surface area contributed by atoms with Crippen LogP contribution < -0.4 is 11.1 Å². The second-order valence-electron chi connectivity index (χ2n) is 7.20. The highest BCUT2D eigenvalue weighted by atomic mass is 16.2. The van der Waals surface area contributed by atoms with Gasteiger partial charge in [-0.2, -0.15) is 4.98 Å². The Labute approximate surface area is 161 Å². The Kier molecular flexibility index (Phi) is 3.86. The van der Waals surface area contributed by atoms with E-state index < -0.39 is 0 Å². The molecule has 4 aromatic rings. The Bertz CT molecular complexity index is 1150. The molecule has 1 fully saturated rings. The number of carbonyl (C=O) groups is 1. The van der Waals surface area contributed by atoms with Crippen molar-refractivity contribution in [2.45, 2.75) is 19.4 Å². The number of fused-ring (bicyclic) bond motifs is 1. The average Bonchev–Trinajstić information content (AvgIpc) is 3.31. The molecule has 1 aliphatic carbocycles. The van der Waals surface area contributed by atoms with Gasteiger partial charge in [0.25, 0.3) is 0 Å². The van der Waals surface area contributed by atoms with Crippen LogP contribution >= 0.6 is 0 Å². The number of nitrogens with one attached hydrogen (secondary N) is 1. The van der Waals surface area contributed by atoms with Crippen molar-refractivity contribution in [2.75, 3.05) is 11.1 Å². The van der Waals surface area contributed by atoms with Crippen LogP contribution in [0.1, 0.15) is 18.4 Å². The lowest BCUT2D eigenvalue weighted by molar-refractivity contribution is -0.117. The van der Waals surface area contributed by atoms with Gasteiger partial charge in [0, 0.05) is 47.9 Å². The molecule has 3 N–H and O–H groups in total. The zero-order valence-electron chi connectivity index (χ0n) is 15.2. The van der Waals surface area contributed by atoms with E-state index in [1.165, 1.54) is 5.56 Å². The minimum atomic E-state index is 0.00658. The number of hydrogen-bond acceptors (Lipinski definition) is 4. The summed E-state index contributed by atoms with van der Waals surface area (Å²) in [4.78, 5) is 16.5. The highest BCUT2D eigenvalue weighted by Crippen LogP contribution is 2.30. The van der Waals surface area contributed by atoms with Crippen LogP contribution in [0.3, 0.4) is 0 Å². The summed E-state index contributed by atoms with van der Waals surface area (Å²) in [5.41, 5.74) is 10.4. The largest absolute Gasteiger partial charge is 0.399 e.